The first-order valence-corrected chi connectivity index (χ1v) is 11.3. The Bertz CT molecular complexity index is 1450. The molecule has 168 valence electrons. The van der Waals surface area contributed by atoms with E-state index < -0.39 is 0 Å². The lowest BCUT2D eigenvalue weighted by Crippen LogP contribution is -2.11. The average molecular weight is 470 g/mol. The topological polar surface area (TPSA) is 116 Å². The molecule has 1 aliphatic heterocycles. The van der Waals surface area contributed by atoms with Gasteiger partial charge in [-0.05, 0) is 36.6 Å². The highest BCUT2D eigenvalue weighted by atomic mass is 32.1. The highest BCUT2D eigenvalue weighted by Gasteiger charge is 2.25. The van der Waals surface area contributed by atoms with Gasteiger partial charge in [-0.3, -0.25) is 19.5 Å². The summed E-state index contributed by atoms with van der Waals surface area (Å²) in [5.41, 5.74) is 3.99. The lowest BCUT2D eigenvalue weighted by molar-refractivity contribution is -0.110. The molecule has 4 N–H and O–H groups in total. The second kappa shape index (κ2) is 8.80. The van der Waals surface area contributed by atoms with E-state index >= 15 is 0 Å². The summed E-state index contributed by atoms with van der Waals surface area (Å²) in [6.07, 6.45) is 1.60. The standard InChI is InChI=1S/C25H19N5O3S/c1-14-10-22(30-29-14)26-13-19-18-8-7-16(12-20(18)28-24(19)32)23(31)15-4-2-5-17(11-15)27-25(33)21-6-3-9-34-21/h2-13H,1H3,(H,27,33)(H,28,32)(H2,26,29,30)/b19-13-. The van der Waals surface area contributed by atoms with E-state index in [1.54, 1.807) is 60.8 Å². The normalized spacial score (nSPS) is 13.4. The van der Waals surface area contributed by atoms with Gasteiger partial charge in [-0.2, -0.15) is 5.10 Å². The van der Waals surface area contributed by atoms with Crippen molar-refractivity contribution in [1.82, 2.24) is 10.2 Å². The van der Waals surface area contributed by atoms with Crippen LogP contribution in [0.4, 0.5) is 17.2 Å². The van der Waals surface area contributed by atoms with Crippen LogP contribution in [0.2, 0.25) is 0 Å². The summed E-state index contributed by atoms with van der Waals surface area (Å²) in [6, 6.07) is 17.2. The third-order valence-electron chi connectivity index (χ3n) is 5.26. The van der Waals surface area contributed by atoms with Crippen LogP contribution in [0.5, 0.6) is 0 Å². The van der Waals surface area contributed by atoms with Gasteiger partial charge in [0.05, 0.1) is 10.5 Å². The van der Waals surface area contributed by atoms with Crippen LogP contribution in [0.25, 0.3) is 5.57 Å². The minimum Gasteiger partial charge on any atom is -0.344 e. The fraction of sp³-hybridized carbons (Fsp3) is 0.0400. The summed E-state index contributed by atoms with van der Waals surface area (Å²) < 4.78 is 0. The second-order valence-electron chi connectivity index (χ2n) is 7.69. The third kappa shape index (κ3) is 4.24. The Hall–Kier alpha value is -4.50. The third-order valence-corrected chi connectivity index (χ3v) is 6.13. The molecule has 0 saturated carbocycles. The van der Waals surface area contributed by atoms with Crippen LogP contribution >= 0.6 is 11.3 Å². The quantitative estimate of drug-likeness (QED) is 0.242. The van der Waals surface area contributed by atoms with Crippen molar-refractivity contribution in [2.24, 2.45) is 0 Å². The van der Waals surface area contributed by atoms with E-state index in [1.165, 1.54) is 11.3 Å². The first kappa shape index (κ1) is 21.4. The predicted molar refractivity (Wildman–Crippen MR) is 132 cm³/mol. The Labute approximate surface area is 198 Å². The number of carbonyl (C=O) groups is 3. The summed E-state index contributed by atoms with van der Waals surface area (Å²) in [4.78, 5) is 38.5. The van der Waals surface area contributed by atoms with Gasteiger partial charge in [0.25, 0.3) is 11.8 Å². The second-order valence-corrected chi connectivity index (χ2v) is 8.64. The summed E-state index contributed by atoms with van der Waals surface area (Å²) in [5.74, 6) is -0.105. The molecule has 3 heterocycles. The number of nitrogens with zero attached hydrogens (tertiary/aromatic N) is 1. The van der Waals surface area contributed by atoms with Crippen LogP contribution in [0.15, 0.2) is 72.2 Å². The molecule has 4 aromatic rings. The molecule has 0 bridgehead atoms. The van der Waals surface area contributed by atoms with Gasteiger partial charge in [-0.1, -0.05) is 30.3 Å². The molecule has 0 aliphatic carbocycles. The summed E-state index contributed by atoms with van der Waals surface area (Å²) in [7, 11) is 0. The average Bonchev–Trinajstić information content (AvgIpc) is 3.57. The van der Waals surface area contributed by atoms with Gasteiger partial charge in [0, 0.05) is 46.0 Å². The fourth-order valence-electron chi connectivity index (χ4n) is 3.62. The molecular weight excluding hydrogens is 450 g/mol. The number of nitrogens with one attached hydrogen (secondary N) is 4. The first-order chi connectivity index (χ1) is 16.5. The van der Waals surface area contributed by atoms with Crippen LogP contribution in [-0.2, 0) is 4.79 Å². The molecule has 34 heavy (non-hydrogen) atoms. The number of aromatic amines is 1. The number of hydrogen-bond donors (Lipinski definition) is 4. The Balaban J connectivity index is 1.35. The summed E-state index contributed by atoms with van der Waals surface area (Å²) >= 11 is 1.34. The number of aryl methyl sites for hydroxylation is 1. The molecule has 1 aliphatic rings. The lowest BCUT2D eigenvalue weighted by Gasteiger charge is -2.08. The monoisotopic (exact) mass is 469 g/mol. The number of amides is 2. The molecule has 0 radical (unpaired) electrons. The fourth-order valence-corrected chi connectivity index (χ4v) is 4.24. The van der Waals surface area contributed by atoms with Gasteiger partial charge >= 0.3 is 0 Å². The number of carbonyl (C=O) groups excluding carboxylic acids is 3. The van der Waals surface area contributed by atoms with Crippen LogP contribution < -0.4 is 16.0 Å². The lowest BCUT2D eigenvalue weighted by atomic mass is 9.99. The molecule has 0 saturated heterocycles. The van der Waals surface area contributed by atoms with E-state index in [9.17, 15) is 14.4 Å². The molecule has 0 unspecified atom stereocenters. The maximum Gasteiger partial charge on any atom is 0.265 e. The van der Waals surface area contributed by atoms with Crippen molar-refractivity contribution in [3.8, 4) is 0 Å². The molecular formula is C25H19N5O3S. The van der Waals surface area contributed by atoms with Gasteiger partial charge in [-0.15, -0.1) is 11.3 Å². The smallest absolute Gasteiger partial charge is 0.265 e. The van der Waals surface area contributed by atoms with E-state index in [4.69, 9.17) is 0 Å². The predicted octanol–water partition coefficient (Wildman–Crippen LogP) is 4.67. The number of thiophene rings is 1. The maximum atomic E-state index is 13.1. The van der Waals surface area contributed by atoms with Crippen molar-refractivity contribution in [1.29, 1.82) is 0 Å². The highest BCUT2D eigenvalue weighted by Crippen LogP contribution is 2.33. The Morgan fingerprint density at radius 1 is 1.03 bits per heavy atom. The van der Waals surface area contributed by atoms with E-state index in [2.05, 4.69) is 26.1 Å². The molecule has 2 aromatic carbocycles. The molecule has 0 fully saturated rings. The molecule has 8 nitrogen and oxygen atoms in total. The molecule has 9 heteroatoms. The number of fused-ring (bicyclic) bond motifs is 1. The molecule has 5 rings (SSSR count). The number of hydrogen-bond acceptors (Lipinski definition) is 6. The number of anilines is 3. The number of rotatable bonds is 6. The van der Waals surface area contributed by atoms with Gasteiger partial charge in [-0.25, -0.2) is 0 Å². The minimum absolute atomic E-state index is 0.216. The Morgan fingerprint density at radius 2 is 1.88 bits per heavy atom. The largest absolute Gasteiger partial charge is 0.344 e. The van der Waals surface area contributed by atoms with Crippen molar-refractivity contribution >= 4 is 51.7 Å². The molecule has 0 spiro atoms. The Kier molecular flexibility index (Phi) is 5.52. The maximum absolute atomic E-state index is 13.1. The SMILES string of the molecule is Cc1cc(N/C=C2\C(=O)Nc3cc(C(=O)c4cccc(NC(=O)c5cccs5)c4)ccc32)n[nH]1. The van der Waals surface area contributed by atoms with Gasteiger partial charge in [0.15, 0.2) is 11.6 Å². The van der Waals surface area contributed by atoms with Crippen LogP contribution in [-0.4, -0.2) is 27.8 Å². The van der Waals surface area contributed by atoms with Crippen molar-refractivity contribution in [2.45, 2.75) is 6.92 Å². The minimum atomic E-state index is -0.266. The number of aromatic nitrogens is 2. The van der Waals surface area contributed by atoms with Gasteiger partial charge < -0.3 is 16.0 Å². The molecule has 0 atom stereocenters. The van der Waals surface area contributed by atoms with Crippen LogP contribution in [0.1, 0.15) is 36.9 Å². The van der Waals surface area contributed by atoms with E-state index in [-0.39, 0.29) is 17.6 Å². The van der Waals surface area contributed by atoms with E-state index in [0.717, 1.165) is 5.69 Å². The number of ketones is 1. The van der Waals surface area contributed by atoms with E-state index in [1.807, 2.05) is 18.4 Å². The van der Waals surface area contributed by atoms with Crippen molar-refractivity contribution in [3.05, 3.63) is 99.5 Å². The highest BCUT2D eigenvalue weighted by molar-refractivity contribution is 7.12. The zero-order valence-electron chi connectivity index (χ0n) is 18.0. The van der Waals surface area contributed by atoms with Gasteiger partial charge in [0.1, 0.15) is 0 Å². The zero-order valence-corrected chi connectivity index (χ0v) is 18.8. The zero-order chi connectivity index (χ0) is 23.7. The number of benzene rings is 2. The van der Waals surface area contributed by atoms with Crippen molar-refractivity contribution in [3.63, 3.8) is 0 Å². The van der Waals surface area contributed by atoms with Crippen LogP contribution in [0, 0.1) is 6.92 Å². The van der Waals surface area contributed by atoms with Crippen molar-refractivity contribution in [2.75, 3.05) is 16.0 Å². The summed E-state index contributed by atoms with van der Waals surface area (Å²) in [6.45, 7) is 1.88. The summed E-state index contributed by atoms with van der Waals surface area (Å²) in [5, 5.41) is 17.4. The Morgan fingerprint density at radius 3 is 2.65 bits per heavy atom. The van der Waals surface area contributed by atoms with E-state index in [0.29, 0.717) is 44.3 Å². The molecule has 2 amide bonds. The number of H-pyrrole nitrogens is 1. The first-order valence-electron chi connectivity index (χ1n) is 10.4. The van der Waals surface area contributed by atoms with Gasteiger partial charge in [0.2, 0.25) is 0 Å². The molecule has 2 aromatic heterocycles. The van der Waals surface area contributed by atoms with Crippen LogP contribution in [0.3, 0.4) is 0 Å². The van der Waals surface area contributed by atoms with Crippen molar-refractivity contribution < 1.29 is 14.4 Å².